The molecule has 3 aromatic carbocycles. The van der Waals surface area contributed by atoms with Gasteiger partial charge in [0.05, 0.1) is 5.56 Å². The molecule has 3 aromatic rings. The molecule has 0 saturated carbocycles. The number of aromatic carboxylic acids is 1. The molecule has 25 heavy (non-hydrogen) atoms. The van der Waals surface area contributed by atoms with Crippen LogP contribution in [-0.2, 0) is 0 Å². The van der Waals surface area contributed by atoms with Crippen molar-refractivity contribution in [1.82, 2.24) is 0 Å². The van der Waals surface area contributed by atoms with Crippen molar-refractivity contribution in [3.05, 3.63) is 89.2 Å². The van der Waals surface area contributed by atoms with Gasteiger partial charge in [0.15, 0.2) is 0 Å². The largest absolute Gasteiger partial charge is 0.478 e. The molecule has 3 N–H and O–H groups in total. The summed E-state index contributed by atoms with van der Waals surface area (Å²) in [5, 5.41) is 9.36. The molecule has 0 unspecified atom stereocenters. The van der Waals surface area contributed by atoms with Gasteiger partial charge in [-0.1, -0.05) is 30.0 Å². The van der Waals surface area contributed by atoms with Crippen LogP contribution in [0.15, 0.2) is 66.7 Å². The van der Waals surface area contributed by atoms with E-state index in [1.165, 1.54) is 18.2 Å². The molecular weight excluding hydrogens is 317 g/mol. The molecular formula is C21H14FNO2. The standard InChI is InChI=1S/C21H14FNO2/c22-18-8-5-15(6-9-18)16-7-12-20(21(24)25)17(13-16)4-1-14-2-10-19(23)11-3-14/h2-3,5-13H,23H2,(H,24,25). The highest BCUT2D eigenvalue weighted by Gasteiger charge is 2.10. The summed E-state index contributed by atoms with van der Waals surface area (Å²) in [4.78, 5) is 11.4. The van der Waals surface area contributed by atoms with E-state index in [1.54, 1.807) is 48.5 Å². The first-order chi connectivity index (χ1) is 12.0. The van der Waals surface area contributed by atoms with Crippen LogP contribution in [0.2, 0.25) is 0 Å². The van der Waals surface area contributed by atoms with Gasteiger partial charge < -0.3 is 10.8 Å². The van der Waals surface area contributed by atoms with Crippen molar-refractivity contribution >= 4 is 11.7 Å². The third-order valence-corrected chi connectivity index (χ3v) is 3.68. The Balaban J connectivity index is 2.04. The molecule has 0 fully saturated rings. The van der Waals surface area contributed by atoms with Crippen LogP contribution in [0.25, 0.3) is 11.1 Å². The second kappa shape index (κ2) is 6.90. The molecule has 0 amide bonds. The molecule has 3 nitrogen and oxygen atoms in total. The number of hydrogen-bond acceptors (Lipinski definition) is 2. The van der Waals surface area contributed by atoms with Gasteiger partial charge in [0.25, 0.3) is 0 Å². The van der Waals surface area contributed by atoms with E-state index in [1.807, 2.05) is 0 Å². The van der Waals surface area contributed by atoms with E-state index < -0.39 is 5.97 Å². The molecule has 0 spiro atoms. The molecule has 0 aliphatic carbocycles. The topological polar surface area (TPSA) is 63.3 Å². The average Bonchev–Trinajstić information content (AvgIpc) is 2.61. The van der Waals surface area contributed by atoms with Gasteiger partial charge in [-0.05, 0) is 59.7 Å². The third kappa shape index (κ3) is 3.85. The summed E-state index contributed by atoms with van der Waals surface area (Å²) in [5.74, 6) is 4.47. The number of carbonyl (C=O) groups is 1. The second-order valence-electron chi connectivity index (χ2n) is 5.44. The molecule has 0 atom stereocenters. The minimum Gasteiger partial charge on any atom is -0.478 e. The smallest absolute Gasteiger partial charge is 0.336 e. The summed E-state index contributed by atoms with van der Waals surface area (Å²) in [5.41, 5.74) is 9.08. The van der Waals surface area contributed by atoms with E-state index in [4.69, 9.17) is 5.73 Å². The van der Waals surface area contributed by atoms with E-state index in [2.05, 4.69) is 11.8 Å². The van der Waals surface area contributed by atoms with Crippen LogP contribution in [0, 0.1) is 17.7 Å². The first-order valence-corrected chi connectivity index (χ1v) is 7.54. The van der Waals surface area contributed by atoms with Crippen LogP contribution in [0.5, 0.6) is 0 Å². The van der Waals surface area contributed by atoms with Crippen molar-refractivity contribution in [1.29, 1.82) is 0 Å². The fourth-order valence-electron chi connectivity index (χ4n) is 2.36. The summed E-state index contributed by atoms with van der Waals surface area (Å²) in [6, 6.07) is 17.9. The Hall–Kier alpha value is -3.58. The number of halogens is 1. The molecule has 0 saturated heterocycles. The van der Waals surface area contributed by atoms with Crippen molar-refractivity contribution < 1.29 is 14.3 Å². The van der Waals surface area contributed by atoms with Gasteiger partial charge in [-0.3, -0.25) is 0 Å². The molecule has 122 valence electrons. The fourth-order valence-corrected chi connectivity index (χ4v) is 2.36. The van der Waals surface area contributed by atoms with Gasteiger partial charge in [0, 0.05) is 16.8 Å². The summed E-state index contributed by atoms with van der Waals surface area (Å²) in [6.07, 6.45) is 0. The molecule has 0 aliphatic heterocycles. The zero-order valence-electron chi connectivity index (χ0n) is 13.2. The van der Waals surface area contributed by atoms with Crippen LogP contribution in [-0.4, -0.2) is 11.1 Å². The summed E-state index contributed by atoms with van der Waals surface area (Å²) < 4.78 is 13.1. The van der Waals surface area contributed by atoms with Crippen LogP contribution in [0.4, 0.5) is 10.1 Å². The van der Waals surface area contributed by atoms with E-state index in [0.717, 1.165) is 16.7 Å². The number of carboxylic acid groups (broad SMARTS) is 1. The Kier molecular flexibility index (Phi) is 4.49. The predicted molar refractivity (Wildman–Crippen MR) is 95.6 cm³/mol. The van der Waals surface area contributed by atoms with Gasteiger partial charge >= 0.3 is 5.97 Å². The lowest BCUT2D eigenvalue weighted by Crippen LogP contribution is -2.00. The Bertz CT molecular complexity index is 981. The summed E-state index contributed by atoms with van der Waals surface area (Å²) in [6.45, 7) is 0. The molecule has 4 heteroatoms. The van der Waals surface area contributed by atoms with Crippen LogP contribution in [0.3, 0.4) is 0 Å². The highest BCUT2D eigenvalue weighted by molar-refractivity contribution is 5.92. The lowest BCUT2D eigenvalue weighted by molar-refractivity contribution is 0.0696. The molecule has 0 bridgehead atoms. The highest BCUT2D eigenvalue weighted by Crippen LogP contribution is 2.23. The summed E-state index contributed by atoms with van der Waals surface area (Å²) in [7, 11) is 0. The molecule has 0 radical (unpaired) electrons. The number of nitrogen functional groups attached to an aromatic ring is 1. The predicted octanol–water partition coefficient (Wildman–Crippen LogP) is 4.17. The van der Waals surface area contributed by atoms with E-state index in [-0.39, 0.29) is 11.4 Å². The quantitative estimate of drug-likeness (QED) is 0.547. The van der Waals surface area contributed by atoms with Crippen molar-refractivity contribution in [3.63, 3.8) is 0 Å². The average molecular weight is 331 g/mol. The Morgan fingerprint density at radius 2 is 1.52 bits per heavy atom. The van der Waals surface area contributed by atoms with Gasteiger partial charge in [-0.15, -0.1) is 0 Å². The van der Waals surface area contributed by atoms with Crippen LogP contribution < -0.4 is 5.73 Å². The maximum absolute atomic E-state index is 13.1. The van der Waals surface area contributed by atoms with E-state index in [0.29, 0.717) is 11.3 Å². The molecule has 0 heterocycles. The summed E-state index contributed by atoms with van der Waals surface area (Å²) >= 11 is 0. The SMILES string of the molecule is Nc1ccc(C#Cc2cc(-c3ccc(F)cc3)ccc2C(=O)O)cc1. The maximum Gasteiger partial charge on any atom is 0.336 e. The lowest BCUT2D eigenvalue weighted by atomic mass is 9.99. The van der Waals surface area contributed by atoms with E-state index >= 15 is 0 Å². The molecule has 3 rings (SSSR count). The number of rotatable bonds is 2. The number of anilines is 1. The zero-order chi connectivity index (χ0) is 17.8. The fraction of sp³-hybridized carbons (Fsp3) is 0. The monoisotopic (exact) mass is 331 g/mol. The van der Waals surface area contributed by atoms with E-state index in [9.17, 15) is 14.3 Å². The highest BCUT2D eigenvalue weighted by atomic mass is 19.1. The Morgan fingerprint density at radius 1 is 0.880 bits per heavy atom. The van der Waals surface area contributed by atoms with Crippen LogP contribution >= 0.6 is 0 Å². The van der Waals surface area contributed by atoms with Crippen molar-refractivity contribution in [3.8, 4) is 23.0 Å². The number of nitrogens with two attached hydrogens (primary N) is 1. The zero-order valence-corrected chi connectivity index (χ0v) is 13.2. The minimum atomic E-state index is -1.05. The minimum absolute atomic E-state index is 0.119. The van der Waals surface area contributed by atoms with Gasteiger partial charge in [0.1, 0.15) is 5.82 Å². The third-order valence-electron chi connectivity index (χ3n) is 3.68. The van der Waals surface area contributed by atoms with Gasteiger partial charge in [-0.25, -0.2) is 9.18 Å². The first-order valence-electron chi connectivity index (χ1n) is 7.54. The number of hydrogen-bond donors (Lipinski definition) is 2. The van der Waals surface area contributed by atoms with Crippen molar-refractivity contribution in [2.75, 3.05) is 5.73 Å². The lowest BCUT2D eigenvalue weighted by Gasteiger charge is -2.05. The normalized spacial score (nSPS) is 9.96. The molecule has 0 aliphatic rings. The molecule has 0 aromatic heterocycles. The number of carboxylic acids is 1. The second-order valence-corrected chi connectivity index (χ2v) is 5.44. The van der Waals surface area contributed by atoms with Gasteiger partial charge in [0.2, 0.25) is 0 Å². The van der Waals surface area contributed by atoms with Crippen molar-refractivity contribution in [2.24, 2.45) is 0 Å². The first kappa shape index (κ1) is 16.3. The van der Waals surface area contributed by atoms with Crippen LogP contribution in [0.1, 0.15) is 21.5 Å². The van der Waals surface area contributed by atoms with Gasteiger partial charge in [-0.2, -0.15) is 0 Å². The maximum atomic E-state index is 13.1. The van der Waals surface area contributed by atoms with Crippen molar-refractivity contribution in [2.45, 2.75) is 0 Å². The Morgan fingerprint density at radius 3 is 2.16 bits per heavy atom. The Labute approximate surface area is 144 Å². The number of benzene rings is 3.